The lowest BCUT2D eigenvalue weighted by atomic mass is 10.1. The van der Waals surface area contributed by atoms with Gasteiger partial charge < -0.3 is 14.7 Å². The fraction of sp³-hybridized carbons (Fsp3) is 0.409. The van der Waals surface area contributed by atoms with Crippen LogP contribution in [0.15, 0.2) is 42.6 Å². The molecule has 1 aromatic carbocycles. The maximum absolute atomic E-state index is 12.7. The Labute approximate surface area is 166 Å². The Hall–Kier alpha value is -2.89. The van der Waals surface area contributed by atoms with Crippen LogP contribution in [0, 0.1) is 13.8 Å². The van der Waals surface area contributed by atoms with Crippen LogP contribution >= 0.6 is 0 Å². The van der Waals surface area contributed by atoms with Gasteiger partial charge in [0.2, 0.25) is 11.8 Å². The molecule has 3 rings (SSSR count). The molecule has 0 N–H and O–H groups in total. The van der Waals surface area contributed by atoms with Gasteiger partial charge in [0.25, 0.3) is 0 Å². The second-order valence-corrected chi connectivity index (χ2v) is 7.24. The molecule has 1 saturated heterocycles. The van der Waals surface area contributed by atoms with Crippen molar-refractivity contribution in [2.75, 3.05) is 42.5 Å². The maximum atomic E-state index is 12.7. The molecule has 6 nitrogen and oxygen atoms in total. The molecule has 0 saturated carbocycles. The van der Waals surface area contributed by atoms with Gasteiger partial charge in [-0.2, -0.15) is 0 Å². The highest BCUT2D eigenvalue weighted by molar-refractivity contribution is 5.92. The molecule has 0 spiro atoms. The van der Waals surface area contributed by atoms with Gasteiger partial charge in [0, 0.05) is 58.0 Å². The van der Waals surface area contributed by atoms with Gasteiger partial charge in [-0.25, -0.2) is 4.98 Å². The number of carbonyl (C=O) groups excluding carboxylic acids is 2. The van der Waals surface area contributed by atoms with Gasteiger partial charge in [0.05, 0.1) is 0 Å². The molecular weight excluding hydrogens is 352 g/mol. The van der Waals surface area contributed by atoms with Crippen molar-refractivity contribution in [2.24, 2.45) is 0 Å². The first kappa shape index (κ1) is 19.9. The standard InChI is InChI=1S/C22H28N4O2/c1-17-7-8-20(16-18(17)2)26(19(3)27)11-9-22(28)25-14-12-24(13-15-25)21-6-4-5-10-23-21/h4-8,10,16H,9,11-15H2,1-3H3. The predicted octanol–water partition coefficient (Wildman–Crippen LogP) is 2.79. The van der Waals surface area contributed by atoms with Gasteiger partial charge in [-0.05, 0) is 49.2 Å². The van der Waals surface area contributed by atoms with E-state index in [4.69, 9.17) is 0 Å². The zero-order chi connectivity index (χ0) is 20.1. The van der Waals surface area contributed by atoms with E-state index in [-0.39, 0.29) is 11.8 Å². The third-order valence-corrected chi connectivity index (χ3v) is 5.34. The quantitative estimate of drug-likeness (QED) is 0.800. The van der Waals surface area contributed by atoms with Crippen molar-refractivity contribution >= 4 is 23.3 Å². The number of nitrogens with zero attached hydrogens (tertiary/aromatic N) is 4. The molecule has 2 heterocycles. The summed E-state index contributed by atoms with van der Waals surface area (Å²) in [5.41, 5.74) is 3.18. The van der Waals surface area contributed by atoms with Crippen molar-refractivity contribution in [3.8, 4) is 0 Å². The topological polar surface area (TPSA) is 56.8 Å². The molecule has 0 unspecified atom stereocenters. The molecule has 6 heteroatoms. The van der Waals surface area contributed by atoms with E-state index in [1.54, 1.807) is 18.0 Å². The number of hydrogen-bond donors (Lipinski definition) is 0. The Morgan fingerprint density at radius 2 is 1.79 bits per heavy atom. The normalized spacial score (nSPS) is 14.1. The number of amides is 2. The lowest BCUT2D eigenvalue weighted by Gasteiger charge is -2.35. The Morgan fingerprint density at radius 1 is 1.04 bits per heavy atom. The van der Waals surface area contributed by atoms with Crippen molar-refractivity contribution in [1.82, 2.24) is 9.88 Å². The molecule has 1 aromatic heterocycles. The lowest BCUT2D eigenvalue weighted by molar-refractivity contribution is -0.131. The average molecular weight is 380 g/mol. The first-order valence-electron chi connectivity index (χ1n) is 9.75. The number of benzene rings is 1. The summed E-state index contributed by atoms with van der Waals surface area (Å²) in [6.45, 7) is 8.93. The summed E-state index contributed by atoms with van der Waals surface area (Å²) in [7, 11) is 0. The van der Waals surface area contributed by atoms with Crippen LogP contribution in [0.1, 0.15) is 24.5 Å². The number of pyridine rings is 1. The van der Waals surface area contributed by atoms with Crippen LogP contribution in [-0.4, -0.2) is 54.4 Å². The van der Waals surface area contributed by atoms with Crippen molar-refractivity contribution in [3.63, 3.8) is 0 Å². The molecule has 0 radical (unpaired) electrons. The molecule has 1 aliphatic rings. The second kappa shape index (κ2) is 8.87. The fourth-order valence-corrected chi connectivity index (χ4v) is 3.45. The van der Waals surface area contributed by atoms with Crippen molar-refractivity contribution in [2.45, 2.75) is 27.2 Å². The van der Waals surface area contributed by atoms with E-state index in [1.807, 2.05) is 55.1 Å². The number of anilines is 2. The summed E-state index contributed by atoms with van der Waals surface area (Å²) in [5.74, 6) is 0.999. The predicted molar refractivity (Wildman–Crippen MR) is 112 cm³/mol. The summed E-state index contributed by atoms with van der Waals surface area (Å²) >= 11 is 0. The van der Waals surface area contributed by atoms with Gasteiger partial charge in [0.1, 0.15) is 5.82 Å². The molecule has 1 aliphatic heterocycles. The molecule has 0 bridgehead atoms. The molecule has 0 aliphatic carbocycles. The Balaban J connectivity index is 1.55. The van der Waals surface area contributed by atoms with Crippen molar-refractivity contribution < 1.29 is 9.59 Å². The van der Waals surface area contributed by atoms with E-state index in [1.165, 1.54) is 5.56 Å². The number of aryl methyl sites for hydroxylation is 2. The van der Waals surface area contributed by atoms with E-state index < -0.39 is 0 Å². The summed E-state index contributed by atoms with van der Waals surface area (Å²) in [4.78, 5) is 34.9. The molecule has 148 valence electrons. The van der Waals surface area contributed by atoms with Crippen LogP contribution in [0.5, 0.6) is 0 Å². The number of aromatic nitrogens is 1. The molecular formula is C22H28N4O2. The molecule has 28 heavy (non-hydrogen) atoms. The van der Waals surface area contributed by atoms with Gasteiger partial charge in [0.15, 0.2) is 0 Å². The van der Waals surface area contributed by atoms with Gasteiger partial charge in [-0.3, -0.25) is 9.59 Å². The summed E-state index contributed by atoms with van der Waals surface area (Å²) in [6.07, 6.45) is 2.12. The van der Waals surface area contributed by atoms with Crippen LogP contribution in [0.3, 0.4) is 0 Å². The zero-order valence-electron chi connectivity index (χ0n) is 16.9. The SMILES string of the molecule is CC(=O)N(CCC(=O)N1CCN(c2ccccn2)CC1)c1ccc(C)c(C)c1. The molecule has 2 amide bonds. The summed E-state index contributed by atoms with van der Waals surface area (Å²) in [5, 5.41) is 0. The Bertz CT molecular complexity index is 830. The largest absolute Gasteiger partial charge is 0.353 e. The fourth-order valence-electron chi connectivity index (χ4n) is 3.45. The Kier molecular flexibility index (Phi) is 6.29. The number of carbonyl (C=O) groups is 2. The number of rotatable bonds is 5. The van der Waals surface area contributed by atoms with E-state index in [0.717, 1.165) is 30.2 Å². The minimum Gasteiger partial charge on any atom is -0.353 e. The number of piperazine rings is 1. The Morgan fingerprint density at radius 3 is 2.39 bits per heavy atom. The van der Waals surface area contributed by atoms with E-state index in [0.29, 0.717) is 26.1 Å². The summed E-state index contributed by atoms with van der Waals surface area (Å²) in [6, 6.07) is 11.8. The highest BCUT2D eigenvalue weighted by Gasteiger charge is 2.23. The van der Waals surface area contributed by atoms with Crippen molar-refractivity contribution in [1.29, 1.82) is 0 Å². The van der Waals surface area contributed by atoms with Crippen LogP contribution < -0.4 is 9.80 Å². The molecule has 0 atom stereocenters. The van der Waals surface area contributed by atoms with Crippen LogP contribution in [-0.2, 0) is 9.59 Å². The molecule has 1 fully saturated rings. The lowest BCUT2D eigenvalue weighted by Crippen LogP contribution is -2.49. The van der Waals surface area contributed by atoms with Gasteiger partial charge in [-0.1, -0.05) is 12.1 Å². The van der Waals surface area contributed by atoms with Gasteiger partial charge >= 0.3 is 0 Å². The van der Waals surface area contributed by atoms with Crippen LogP contribution in [0.25, 0.3) is 0 Å². The highest BCUT2D eigenvalue weighted by atomic mass is 16.2. The first-order valence-corrected chi connectivity index (χ1v) is 9.75. The third-order valence-electron chi connectivity index (χ3n) is 5.34. The second-order valence-electron chi connectivity index (χ2n) is 7.24. The monoisotopic (exact) mass is 380 g/mol. The first-order chi connectivity index (χ1) is 13.5. The zero-order valence-corrected chi connectivity index (χ0v) is 16.9. The third kappa shape index (κ3) is 4.68. The molecule has 2 aromatic rings. The maximum Gasteiger partial charge on any atom is 0.224 e. The van der Waals surface area contributed by atoms with E-state index in [9.17, 15) is 9.59 Å². The highest BCUT2D eigenvalue weighted by Crippen LogP contribution is 2.20. The summed E-state index contributed by atoms with van der Waals surface area (Å²) < 4.78 is 0. The minimum atomic E-state index is -0.0453. The van der Waals surface area contributed by atoms with Crippen LogP contribution in [0.4, 0.5) is 11.5 Å². The van der Waals surface area contributed by atoms with Crippen LogP contribution in [0.2, 0.25) is 0 Å². The van der Waals surface area contributed by atoms with E-state index in [2.05, 4.69) is 9.88 Å². The average Bonchev–Trinajstić information content (AvgIpc) is 2.71. The smallest absolute Gasteiger partial charge is 0.224 e. The van der Waals surface area contributed by atoms with E-state index >= 15 is 0 Å². The van der Waals surface area contributed by atoms with Crippen molar-refractivity contribution in [3.05, 3.63) is 53.7 Å². The minimum absolute atomic E-state index is 0.0453. The number of hydrogen-bond acceptors (Lipinski definition) is 4. The van der Waals surface area contributed by atoms with Gasteiger partial charge in [-0.15, -0.1) is 0 Å².